The van der Waals surface area contributed by atoms with E-state index in [0.717, 1.165) is 4.60 Å². The van der Waals surface area contributed by atoms with Crippen molar-refractivity contribution in [2.75, 3.05) is 11.5 Å². The van der Waals surface area contributed by atoms with Gasteiger partial charge < -0.3 is 0 Å². The van der Waals surface area contributed by atoms with E-state index in [4.69, 9.17) is 0 Å². The largest absolute Gasteiger partial charge is 0.281 e. The average Bonchev–Trinajstić information content (AvgIpc) is 2.54. The third-order valence-electron chi connectivity index (χ3n) is 2.23. The topological polar surface area (TPSA) is 28.7 Å². The summed E-state index contributed by atoms with van der Waals surface area (Å²) in [6, 6.07) is 2.10. The molecule has 0 radical (unpaired) electrons. The van der Waals surface area contributed by atoms with Crippen LogP contribution in [0.1, 0.15) is 24.5 Å². The lowest BCUT2D eigenvalue weighted by Gasteiger charge is -2.19. The lowest BCUT2D eigenvalue weighted by atomic mass is 9.99. The molecule has 0 aromatic carbocycles. The molecule has 1 aromatic heterocycles. The summed E-state index contributed by atoms with van der Waals surface area (Å²) in [7, 11) is 0. The molecular formula is C8H11BrN2S. The molecule has 0 saturated carbocycles. The Labute approximate surface area is 84.6 Å². The Kier molecular flexibility index (Phi) is 2.76. The number of nitrogens with one attached hydrogen (secondary N) is 1. The van der Waals surface area contributed by atoms with Crippen molar-refractivity contribution in [1.29, 1.82) is 0 Å². The van der Waals surface area contributed by atoms with Gasteiger partial charge in [0.15, 0.2) is 0 Å². The maximum atomic E-state index is 4.08. The molecule has 4 heteroatoms. The maximum Gasteiger partial charge on any atom is 0.128 e. The number of hydrogen-bond acceptors (Lipinski definition) is 2. The van der Waals surface area contributed by atoms with Crippen molar-refractivity contribution in [3.05, 3.63) is 16.4 Å². The minimum Gasteiger partial charge on any atom is -0.281 e. The van der Waals surface area contributed by atoms with Crippen LogP contribution in [0.25, 0.3) is 0 Å². The maximum absolute atomic E-state index is 4.08. The summed E-state index contributed by atoms with van der Waals surface area (Å²) in [5, 5.41) is 7.15. The summed E-state index contributed by atoms with van der Waals surface area (Å²) in [4.78, 5) is 0. The molecule has 1 aliphatic rings. The number of hydrogen-bond donors (Lipinski definition) is 1. The van der Waals surface area contributed by atoms with E-state index >= 15 is 0 Å². The van der Waals surface area contributed by atoms with Crippen LogP contribution in [0.5, 0.6) is 0 Å². The molecule has 12 heavy (non-hydrogen) atoms. The highest BCUT2D eigenvalue weighted by atomic mass is 79.9. The van der Waals surface area contributed by atoms with Crippen molar-refractivity contribution in [2.24, 2.45) is 0 Å². The van der Waals surface area contributed by atoms with Crippen molar-refractivity contribution < 1.29 is 0 Å². The molecule has 2 rings (SSSR count). The molecular weight excluding hydrogens is 236 g/mol. The third-order valence-corrected chi connectivity index (χ3v) is 3.68. The Bertz CT molecular complexity index is 255. The molecule has 0 atom stereocenters. The van der Waals surface area contributed by atoms with Crippen LogP contribution in [0.3, 0.4) is 0 Å². The highest BCUT2D eigenvalue weighted by Gasteiger charge is 2.17. The molecule has 1 fully saturated rings. The van der Waals surface area contributed by atoms with E-state index in [-0.39, 0.29) is 0 Å². The van der Waals surface area contributed by atoms with Gasteiger partial charge in [-0.1, -0.05) is 0 Å². The van der Waals surface area contributed by atoms with Gasteiger partial charge in [0.05, 0.1) is 0 Å². The molecule has 0 aliphatic carbocycles. The SMILES string of the molecule is Brc1cc(C2CCSCC2)[nH]n1. The zero-order valence-electron chi connectivity index (χ0n) is 6.72. The van der Waals surface area contributed by atoms with Gasteiger partial charge in [-0.3, -0.25) is 5.10 Å². The molecule has 66 valence electrons. The smallest absolute Gasteiger partial charge is 0.128 e. The van der Waals surface area contributed by atoms with Crippen LogP contribution in [-0.2, 0) is 0 Å². The lowest BCUT2D eigenvalue weighted by Crippen LogP contribution is -2.07. The number of H-pyrrole nitrogens is 1. The molecule has 0 amide bonds. The Morgan fingerprint density at radius 3 is 2.83 bits per heavy atom. The molecule has 0 unspecified atom stereocenters. The minimum absolute atomic E-state index is 0.713. The zero-order chi connectivity index (χ0) is 8.39. The summed E-state index contributed by atoms with van der Waals surface area (Å²) in [5.41, 5.74) is 1.29. The van der Waals surface area contributed by atoms with E-state index in [9.17, 15) is 0 Å². The van der Waals surface area contributed by atoms with Crippen molar-refractivity contribution >= 4 is 27.7 Å². The fourth-order valence-electron chi connectivity index (χ4n) is 1.53. The van der Waals surface area contributed by atoms with E-state index in [1.54, 1.807) is 0 Å². The van der Waals surface area contributed by atoms with Crippen LogP contribution < -0.4 is 0 Å². The van der Waals surface area contributed by atoms with Crippen LogP contribution in [0.15, 0.2) is 10.7 Å². The van der Waals surface area contributed by atoms with E-state index in [0.29, 0.717) is 5.92 Å². The second-order valence-corrected chi connectivity index (χ2v) is 5.07. The highest BCUT2D eigenvalue weighted by molar-refractivity contribution is 9.10. The molecule has 0 spiro atoms. The second-order valence-electron chi connectivity index (χ2n) is 3.03. The molecule has 1 saturated heterocycles. The van der Waals surface area contributed by atoms with E-state index in [1.807, 2.05) is 0 Å². The summed E-state index contributed by atoms with van der Waals surface area (Å²) < 4.78 is 0.927. The van der Waals surface area contributed by atoms with Gasteiger partial charge in [0.25, 0.3) is 0 Å². The fraction of sp³-hybridized carbons (Fsp3) is 0.625. The summed E-state index contributed by atoms with van der Waals surface area (Å²) in [6.45, 7) is 0. The normalized spacial score (nSPS) is 19.8. The molecule has 2 nitrogen and oxygen atoms in total. The predicted octanol–water partition coefficient (Wildman–Crippen LogP) is 2.78. The number of rotatable bonds is 1. The molecule has 1 aromatic rings. The standard InChI is InChI=1S/C8H11BrN2S/c9-8-5-7(10-11-8)6-1-3-12-4-2-6/h5-6H,1-4H2,(H,10,11). The summed E-state index contributed by atoms with van der Waals surface area (Å²) in [5.74, 6) is 3.30. The number of thioether (sulfide) groups is 1. The first-order valence-corrected chi connectivity index (χ1v) is 6.09. The monoisotopic (exact) mass is 246 g/mol. The van der Waals surface area contributed by atoms with Crippen LogP contribution in [-0.4, -0.2) is 21.7 Å². The first kappa shape index (κ1) is 8.63. The van der Waals surface area contributed by atoms with Crippen molar-refractivity contribution in [3.8, 4) is 0 Å². The van der Waals surface area contributed by atoms with Gasteiger partial charge in [-0.05, 0) is 46.3 Å². The minimum atomic E-state index is 0.713. The quantitative estimate of drug-likeness (QED) is 0.826. The number of halogens is 1. The Balaban J connectivity index is 2.08. The first-order chi connectivity index (χ1) is 5.86. The van der Waals surface area contributed by atoms with Gasteiger partial charge in [0.1, 0.15) is 4.60 Å². The Morgan fingerprint density at radius 1 is 1.50 bits per heavy atom. The fourth-order valence-corrected chi connectivity index (χ4v) is 2.97. The second kappa shape index (κ2) is 3.83. The number of aromatic nitrogens is 2. The van der Waals surface area contributed by atoms with Gasteiger partial charge >= 0.3 is 0 Å². The third kappa shape index (κ3) is 1.85. The average molecular weight is 247 g/mol. The van der Waals surface area contributed by atoms with Gasteiger partial charge in [-0.2, -0.15) is 16.9 Å². The summed E-state index contributed by atoms with van der Waals surface area (Å²) >= 11 is 5.41. The number of nitrogens with zero attached hydrogens (tertiary/aromatic N) is 1. The molecule has 1 aliphatic heterocycles. The number of aromatic amines is 1. The zero-order valence-corrected chi connectivity index (χ0v) is 9.12. The highest BCUT2D eigenvalue weighted by Crippen LogP contribution is 2.30. The van der Waals surface area contributed by atoms with Crippen LogP contribution in [0.4, 0.5) is 0 Å². The van der Waals surface area contributed by atoms with Gasteiger partial charge in [0.2, 0.25) is 0 Å². The summed E-state index contributed by atoms with van der Waals surface area (Å²) in [6.07, 6.45) is 2.58. The Hall–Kier alpha value is 0.0400. The van der Waals surface area contributed by atoms with Crippen LogP contribution >= 0.6 is 27.7 Å². The van der Waals surface area contributed by atoms with Crippen molar-refractivity contribution in [2.45, 2.75) is 18.8 Å². The van der Waals surface area contributed by atoms with E-state index in [2.05, 4.69) is 44.0 Å². The van der Waals surface area contributed by atoms with Gasteiger partial charge in [-0.15, -0.1) is 0 Å². The Morgan fingerprint density at radius 2 is 2.25 bits per heavy atom. The first-order valence-electron chi connectivity index (χ1n) is 4.15. The van der Waals surface area contributed by atoms with Gasteiger partial charge in [-0.25, -0.2) is 0 Å². The van der Waals surface area contributed by atoms with E-state index < -0.39 is 0 Å². The molecule has 2 heterocycles. The van der Waals surface area contributed by atoms with Crippen LogP contribution in [0, 0.1) is 0 Å². The van der Waals surface area contributed by atoms with Crippen LogP contribution in [0.2, 0.25) is 0 Å². The van der Waals surface area contributed by atoms with E-state index in [1.165, 1.54) is 30.0 Å². The van der Waals surface area contributed by atoms with Crippen molar-refractivity contribution in [1.82, 2.24) is 10.2 Å². The van der Waals surface area contributed by atoms with Gasteiger partial charge in [0, 0.05) is 11.6 Å². The van der Waals surface area contributed by atoms with Crippen molar-refractivity contribution in [3.63, 3.8) is 0 Å². The molecule has 1 N–H and O–H groups in total. The lowest BCUT2D eigenvalue weighted by molar-refractivity contribution is 0.617. The molecule has 0 bridgehead atoms. The predicted molar refractivity (Wildman–Crippen MR) is 55.6 cm³/mol.